The van der Waals surface area contributed by atoms with Crippen LogP contribution < -0.4 is 10.6 Å². The third kappa shape index (κ3) is 5.20. The lowest BCUT2D eigenvalue weighted by Gasteiger charge is -2.23. The lowest BCUT2D eigenvalue weighted by atomic mass is 9.94. The van der Waals surface area contributed by atoms with Crippen molar-refractivity contribution in [3.63, 3.8) is 0 Å². The zero-order chi connectivity index (χ0) is 18.2. The molecule has 132 valence electrons. The summed E-state index contributed by atoms with van der Waals surface area (Å²) in [5.74, 6) is -2.37. The number of amides is 2. The molecule has 0 bridgehead atoms. The summed E-state index contributed by atoms with van der Waals surface area (Å²) in [4.78, 5) is 35.2. The van der Waals surface area contributed by atoms with Crippen LogP contribution >= 0.6 is 0 Å². The number of benzene rings is 1. The number of nitrogens with one attached hydrogen (secondary N) is 2. The summed E-state index contributed by atoms with van der Waals surface area (Å²) in [6, 6.07) is 11.4. The average molecular weight is 344 g/mol. The molecule has 25 heavy (non-hydrogen) atoms. The molecule has 1 aromatic carbocycles. The first-order valence-corrected chi connectivity index (χ1v) is 7.88. The summed E-state index contributed by atoms with van der Waals surface area (Å²) >= 11 is 0. The van der Waals surface area contributed by atoms with Crippen LogP contribution in [0.1, 0.15) is 35.5 Å². The number of hydrogen-bond acceptors (Lipinski definition) is 4. The Bertz CT molecular complexity index is 712. The lowest BCUT2D eigenvalue weighted by Crippen LogP contribution is -2.37. The largest absolute Gasteiger partial charge is 0.481 e. The predicted molar refractivity (Wildman–Crippen MR) is 89.8 cm³/mol. The Morgan fingerprint density at radius 1 is 1.12 bits per heavy atom. The van der Waals surface area contributed by atoms with E-state index in [4.69, 9.17) is 4.42 Å². The van der Waals surface area contributed by atoms with Crippen LogP contribution in [0, 0.1) is 5.92 Å². The molecule has 0 spiro atoms. The van der Waals surface area contributed by atoms with E-state index in [0.29, 0.717) is 5.56 Å². The number of furan rings is 1. The summed E-state index contributed by atoms with van der Waals surface area (Å²) < 4.78 is 4.96. The number of carboxylic acid groups (broad SMARTS) is 1. The maximum absolute atomic E-state index is 12.1. The van der Waals surface area contributed by atoms with Gasteiger partial charge in [0.05, 0.1) is 18.2 Å². The molecule has 2 unspecified atom stereocenters. The first-order chi connectivity index (χ1) is 12.0. The van der Waals surface area contributed by atoms with Gasteiger partial charge in [0.15, 0.2) is 5.76 Å². The molecule has 1 heterocycles. The van der Waals surface area contributed by atoms with Crippen LogP contribution in [0.2, 0.25) is 0 Å². The van der Waals surface area contributed by atoms with Gasteiger partial charge in [0, 0.05) is 13.0 Å². The number of aliphatic carboxylic acids is 1. The molecule has 7 heteroatoms. The van der Waals surface area contributed by atoms with E-state index in [1.807, 2.05) is 6.07 Å². The van der Waals surface area contributed by atoms with E-state index in [0.717, 1.165) is 0 Å². The average Bonchev–Trinajstić information content (AvgIpc) is 3.14. The molecular weight excluding hydrogens is 324 g/mol. The van der Waals surface area contributed by atoms with Crippen LogP contribution in [-0.4, -0.2) is 29.4 Å². The molecule has 2 atom stereocenters. The molecule has 0 radical (unpaired) electrons. The van der Waals surface area contributed by atoms with Gasteiger partial charge in [0.1, 0.15) is 0 Å². The van der Waals surface area contributed by atoms with Crippen molar-refractivity contribution in [3.8, 4) is 0 Å². The second kappa shape index (κ2) is 8.68. The summed E-state index contributed by atoms with van der Waals surface area (Å²) in [6.07, 6.45) is 1.42. The Hall–Kier alpha value is -3.09. The van der Waals surface area contributed by atoms with E-state index < -0.39 is 23.8 Å². The van der Waals surface area contributed by atoms with Gasteiger partial charge in [-0.05, 0) is 24.6 Å². The summed E-state index contributed by atoms with van der Waals surface area (Å²) in [5.41, 5.74) is 0.713. The summed E-state index contributed by atoms with van der Waals surface area (Å²) in [6.45, 7) is 1.66. The SMILES string of the molecule is CC(C(=O)O)C(NC(=O)CCNC(=O)c1ccco1)c1ccccc1. The minimum Gasteiger partial charge on any atom is -0.481 e. The second-order valence-corrected chi connectivity index (χ2v) is 5.57. The van der Waals surface area contributed by atoms with Gasteiger partial charge in [0.2, 0.25) is 5.91 Å². The second-order valence-electron chi connectivity index (χ2n) is 5.57. The smallest absolute Gasteiger partial charge is 0.308 e. The highest BCUT2D eigenvalue weighted by atomic mass is 16.4. The van der Waals surface area contributed by atoms with Gasteiger partial charge in [0.25, 0.3) is 5.91 Å². The third-order valence-electron chi connectivity index (χ3n) is 3.75. The van der Waals surface area contributed by atoms with Crippen molar-refractivity contribution in [2.75, 3.05) is 6.54 Å². The van der Waals surface area contributed by atoms with E-state index in [1.54, 1.807) is 37.3 Å². The predicted octanol–water partition coefficient (Wildman–Crippen LogP) is 1.98. The standard InChI is InChI=1S/C18H20N2O5/c1-12(18(23)24)16(13-6-3-2-4-7-13)20-15(21)9-10-19-17(22)14-8-5-11-25-14/h2-8,11-12,16H,9-10H2,1H3,(H,19,22)(H,20,21)(H,23,24). The van der Waals surface area contributed by atoms with Crippen LogP contribution in [0.15, 0.2) is 53.1 Å². The zero-order valence-corrected chi connectivity index (χ0v) is 13.8. The van der Waals surface area contributed by atoms with Crippen molar-refractivity contribution >= 4 is 17.8 Å². The number of rotatable bonds is 8. The van der Waals surface area contributed by atoms with Crippen molar-refractivity contribution in [1.29, 1.82) is 0 Å². The fourth-order valence-electron chi connectivity index (χ4n) is 2.33. The maximum Gasteiger partial charge on any atom is 0.308 e. The first kappa shape index (κ1) is 18.3. The van der Waals surface area contributed by atoms with Gasteiger partial charge < -0.3 is 20.2 Å². The molecule has 0 aliphatic carbocycles. The Labute approximate surface area is 145 Å². The summed E-state index contributed by atoms with van der Waals surface area (Å²) in [7, 11) is 0. The minimum atomic E-state index is -1.000. The minimum absolute atomic E-state index is 0.0299. The fourth-order valence-corrected chi connectivity index (χ4v) is 2.33. The Morgan fingerprint density at radius 3 is 2.44 bits per heavy atom. The molecule has 1 aromatic heterocycles. The van der Waals surface area contributed by atoms with Crippen molar-refractivity contribution in [3.05, 3.63) is 60.1 Å². The van der Waals surface area contributed by atoms with Gasteiger partial charge >= 0.3 is 5.97 Å². The highest BCUT2D eigenvalue weighted by molar-refractivity contribution is 5.91. The van der Waals surface area contributed by atoms with E-state index in [2.05, 4.69) is 10.6 Å². The normalized spacial score (nSPS) is 12.8. The number of carbonyl (C=O) groups is 3. The molecule has 2 amide bonds. The third-order valence-corrected chi connectivity index (χ3v) is 3.75. The highest BCUT2D eigenvalue weighted by Gasteiger charge is 2.26. The van der Waals surface area contributed by atoms with Crippen LogP contribution in [-0.2, 0) is 9.59 Å². The van der Waals surface area contributed by atoms with Crippen LogP contribution in [0.4, 0.5) is 0 Å². The molecule has 0 fully saturated rings. The number of hydrogen-bond donors (Lipinski definition) is 3. The Balaban J connectivity index is 1.91. The number of carboxylic acids is 1. The monoisotopic (exact) mass is 344 g/mol. The quantitative estimate of drug-likeness (QED) is 0.678. The van der Waals surface area contributed by atoms with E-state index in [9.17, 15) is 19.5 Å². The lowest BCUT2D eigenvalue weighted by molar-refractivity contribution is -0.142. The highest BCUT2D eigenvalue weighted by Crippen LogP contribution is 2.22. The molecule has 0 aliphatic heterocycles. The van der Waals surface area contributed by atoms with Crippen molar-refractivity contribution in [2.45, 2.75) is 19.4 Å². The van der Waals surface area contributed by atoms with Crippen LogP contribution in [0.25, 0.3) is 0 Å². The van der Waals surface area contributed by atoms with Gasteiger partial charge in [-0.25, -0.2) is 0 Å². The zero-order valence-electron chi connectivity index (χ0n) is 13.8. The van der Waals surface area contributed by atoms with Gasteiger partial charge in [-0.1, -0.05) is 30.3 Å². The molecule has 3 N–H and O–H groups in total. The van der Waals surface area contributed by atoms with Crippen molar-refractivity contribution in [2.24, 2.45) is 5.92 Å². The van der Waals surface area contributed by atoms with E-state index in [-0.39, 0.29) is 24.6 Å². The summed E-state index contributed by atoms with van der Waals surface area (Å²) in [5, 5.41) is 14.6. The fraction of sp³-hybridized carbons (Fsp3) is 0.278. The maximum atomic E-state index is 12.1. The molecule has 2 aromatic rings. The van der Waals surface area contributed by atoms with E-state index in [1.165, 1.54) is 12.3 Å². The molecule has 7 nitrogen and oxygen atoms in total. The molecule has 2 rings (SSSR count). The Morgan fingerprint density at radius 2 is 1.84 bits per heavy atom. The molecule has 0 saturated carbocycles. The molecular formula is C18H20N2O5. The van der Waals surface area contributed by atoms with Crippen molar-refractivity contribution < 1.29 is 23.9 Å². The first-order valence-electron chi connectivity index (χ1n) is 7.88. The van der Waals surface area contributed by atoms with Crippen molar-refractivity contribution in [1.82, 2.24) is 10.6 Å². The molecule has 0 saturated heterocycles. The van der Waals surface area contributed by atoms with E-state index >= 15 is 0 Å². The van der Waals surface area contributed by atoms with Crippen LogP contribution in [0.5, 0.6) is 0 Å². The molecule has 0 aliphatic rings. The topological polar surface area (TPSA) is 109 Å². The Kier molecular flexibility index (Phi) is 6.33. The van der Waals surface area contributed by atoms with Gasteiger partial charge in [-0.15, -0.1) is 0 Å². The number of carbonyl (C=O) groups excluding carboxylic acids is 2. The van der Waals surface area contributed by atoms with Crippen LogP contribution in [0.3, 0.4) is 0 Å². The van der Waals surface area contributed by atoms with Gasteiger partial charge in [-0.2, -0.15) is 0 Å². The van der Waals surface area contributed by atoms with Gasteiger partial charge in [-0.3, -0.25) is 14.4 Å².